The summed E-state index contributed by atoms with van der Waals surface area (Å²) in [5, 5.41) is 29.8. The molecular weight excluding hydrogens is 878 g/mol. The Kier molecular flexibility index (Phi) is 40.0. The third-order valence-electron chi connectivity index (χ3n) is 9.71. The van der Waals surface area contributed by atoms with Gasteiger partial charge >= 0.3 is 27.6 Å². The van der Waals surface area contributed by atoms with Crippen LogP contribution in [0.3, 0.4) is 0 Å². The van der Waals surface area contributed by atoms with Crippen LogP contribution in [0.25, 0.3) is 0 Å². The zero-order valence-electron chi connectivity index (χ0n) is 39.5. The summed E-state index contributed by atoms with van der Waals surface area (Å²) in [5.41, 5.74) is 0. The molecule has 0 aliphatic carbocycles. The molecule has 0 aromatic heterocycles. The number of aliphatic hydroxyl groups is 3. The fourth-order valence-electron chi connectivity index (χ4n) is 6.09. The van der Waals surface area contributed by atoms with Crippen molar-refractivity contribution in [2.24, 2.45) is 5.92 Å². The molecule has 0 rings (SSSR count). The molecule has 0 aliphatic rings. The summed E-state index contributed by atoms with van der Waals surface area (Å²) in [6.45, 7) is 3.70. The van der Waals surface area contributed by atoms with Gasteiger partial charge in [0.1, 0.15) is 12.7 Å². The molecule has 0 saturated carbocycles. The lowest BCUT2D eigenvalue weighted by molar-refractivity contribution is -0.161. The molecule has 0 aliphatic heterocycles. The number of allylic oxidation sites excluding steroid dienone is 8. The van der Waals surface area contributed by atoms with Crippen molar-refractivity contribution in [3.05, 3.63) is 72.9 Å². The number of rotatable bonds is 43. The minimum absolute atomic E-state index is 0.0521. The summed E-state index contributed by atoms with van der Waals surface area (Å²) in [4.78, 5) is 52.8. The summed E-state index contributed by atoms with van der Waals surface area (Å²) >= 11 is 0. The number of hydrogen-bond acceptors (Lipinski definition) is 12. The standard InChI is InChI=1S/C48H84O15P2/c1-4-5-24-32-43(49)34-27-22-23-28-35-44(50)33-26-19-16-17-21-30-37-48(53)63-46(41-62-65(57,58)61-39-45(51)38-60-64(54,55)56)40-59-47(52)36-29-20-15-13-11-9-7-6-8-10-12-14-18-25-31-42(2)3/h5,17,19,21-24,26-28,34-35,42-46,49-51H,4,6-16,18,20,25,29-33,36-41H2,1-3H3,(H,57,58)(H2,54,55,56)/b21-17-,23-22-,24-5-,26-19-,34-27+,35-28+/t43-,44+,45-,46+/m0/s1. The van der Waals surface area contributed by atoms with Crippen LogP contribution in [0.5, 0.6) is 0 Å². The molecule has 17 heteroatoms. The number of phosphoric ester groups is 2. The number of aliphatic hydroxyl groups excluding tert-OH is 3. The van der Waals surface area contributed by atoms with Gasteiger partial charge < -0.3 is 39.5 Å². The van der Waals surface area contributed by atoms with Crippen LogP contribution in [0.15, 0.2) is 72.9 Å². The molecule has 0 radical (unpaired) electrons. The van der Waals surface area contributed by atoms with Crippen molar-refractivity contribution in [1.82, 2.24) is 0 Å². The second-order valence-electron chi connectivity index (χ2n) is 16.5. The van der Waals surface area contributed by atoms with E-state index in [0.717, 1.165) is 31.6 Å². The monoisotopic (exact) mass is 963 g/mol. The van der Waals surface area contributed by atoms with Gasteiger partial charge in [-0.25, -0.2) is 9.13 Å². The summed E-state index contributed by atoms with van der Waals surface area (Å²) in [6, 6.07) is 0. The first kappa shape index (κ1) is 62.5. The summed E-state index contributed by atoms with van der Waals surface area (Å²) in [5.74, 6) is -0.398. The van der Waals surface area contributed by atoms with E-state index in [1.165, 1.54) is 70.6 Å². The second kappa shape index (κ2) is 41.7. The van der Waals surface area contributed by atoms with Crippen molar-refractivity contribution in [2.45, 2.75) is 186 Å². The predicted octanol–water partition coefficient (Wildman–Crippen LogP) is 10.4. The molecule has 0 saturated heterocycles. The van der Waals surface area contributed by atoms with E-state index in [9.17, 15) is 38.9 Å². The quantitative estimate of drug-likeness (QED) is 0.0110. The van der Waals surface area contributed by atoms with Gasteiger partial charge in [-0.05, 0) is 44.4 Å². The number of ether oxygens (including phenoxy) is 2. The van der Waals surface area contributed by atoms with E-state index in [1.54, 1.807) is 42.5 Å². The van der Waals surface area contributed by atoms with E-state index >= 15 is 0 Å². The third kappa shape index (κ3) is 46.4. The zero-order chi connectivity index (χ0) is 48.4. The van der Waals surface area contributed by atoms with E-state index in [4.69, 9.17) is 23.8 Å². The van der Waals surface area contributed by atoms with Crippen molar-refractivity contribution >= 4 is 27.6 Å². The Bertz CT molecular complexity index is 1470. The van der Waals surface area contributed by atoms with E-state index in [0.29, 0.717) is 32.1 Å². The molecule has 65 heavy (non-hydrogen) atoms. The summed E-state index contributed by atoms with van der Waals surface area (Å²) < 4.78 is 47.7. The van der Waals surface area contributed by atoms with Gasteiger partial charge in [-0.1, -0.05) is 184 Å². The Morgan fingerprint density at radius 3 is 1.58 bits per heavy atom. The van der Waals surface area contributed by atoms with Crippen LogP contribution < -0.4 is 0 Å². The summed E-state index contributed by atoms with van der Waals surface area (Å²) in [7, 11) is -9.75. The van der Waals surface area contributed by atoms with Crippen molar-refractivity contribution in [1.29, 1.82) is 0 Å². The number of phosphoric acid groups is 2. The van der Waals surface area contributed by atoms with E-state index in [2.05, 4.69) is 22.9 Å². The zero-order valence-corrected chi connectivity index (χ0v) is 41.2. The van der Waals surface area contributed by atoms with E-state index in [1.807, 2.05) is 37.3 Å². The molecule has 0 spiro atoms. The molecule has 0 heterocycles. The Labute approximate surface area is 390 Å². The number of carbonyl (C=O) groups is 2. The van der Waals surface area contributed by atoms with Crippen molar-refractivity contribution in [3.8, 4) is 0 Å². The molecule has 376 valence electrons. The Balaban J connectivity index is 4.69. The largest absolute Gasteiger partial charge is 0.472 e. The first-order valence-electron chi connectivity index (χ1n) is 23.7. The van der Waals surface area contributed by atoms with Crippen LogP contribution in [0.2, 0.25) is 0 Å². The molecule has 1 unspecified atom stereocenters. The van der Waals surface area contributed by atoms with Crippen LogP contribution in [0.1, 0.15) is 162 Å². The van der Waals surface area contributed by atoms with Gasteiger partial charge in [-0.2, -0.15) is 0 Å². The van der Waals surface area contributed by atoms with Crippen LogP contribution in [-0.4, -0.2) is 92.8 Å². The Morgan fingerprint density at radius 1 is 0.554 bits per heavy atom. The maximum Gasteiger partial charge on any atom is 0.472 e. The average molecular weight is 963 g/mol. The highest BCUT2D eigenvalue weighted by Gasteiger charge is 2.28. The van der Waals surface area contributed by atoms with Gasteiger partial charge in [0.2, 0.25) is 0 Å². The molecule has 6 N–H and O–H groups in total. The topological polar surface area (TPSA) is 236 Å². The molecule has 0 fully saturated rings. The summed E-state index contributed by atoms with van der Waals surface area (Å²) in [6.07, 6.45) is 38.3. The number of hydrogen-bond donors (Lipinski definition) is 6. The molecular formula is C48H84O15P2. The minimum atomic E-state index is -4.89. The average Bonchev–Trinajstić information content (AvgIpc) is 3.24. The van der Waals surface area contributed by atoms with Crippen LogP contribution in [-0.2, 0) is 41.8 Å². The molecule has 0 amide bonds. The lowest BCUT2D eigenvalue weighted by Gasteiger charge is -2.20. The lowest BCUT2D eigenvalue weighted by atomic mass is 10.0. The van der Waals surface area contributed by atoms with Gasteiger partial charge in [0.05, 0.1) is 32.0 Å². The Morgan fingerprint density at radius 2 is 1.05 bits per heavy atom. The molecule has 5 atom stereocenters. The number of carbonyl (C=O) groups excluding carboxylic acids is 2. The van der Waals surface area contributed by atoms with Crippen LogP contribution in [0.4, 0.5) is 0 Å². The maximum absolute atomic E-state index is 12.7. The fraction of sp³-hybridized carbons (Fsp3) is 0.708. The normalized spacial score (nSPS) is 15.6. The maximum atomic E-state index is 12.7. The SMILES string of the molecule is CC/C=C\C[C@H](O)/C=C/C=C\C=C\[C@H](O)C/C=C\C/C=C\CCC(=O)O[C@H](COC(=O)CCCCCCCCCCCCCCCCC(C)C)COP(=O)(O)OC[C@@H](O)COP(=O)(O)O. The van der Waals surface area contributed by atoms with Gasteiger partial charge in [0, 0.05) is 12.8 Å². The molecule has 15 nitrogen and oxygen atoms in total. The fourth-order valence-corrected chi connectivity index (χ4v) is 7.24. The molecule has 0 aromatic carbocycles. The van der Waals surface area contributed by atoms with Gasteiger partial charge in [0.15, 0.2) is 6.10 Å². The second-order valence-corrected chi connectivity index (χ2v) is 19.2. The van der Waals surface area contributed by atoms with Crippen LogP contribution >= 0.6 is 15.6 Å². The van der Waals surface area contributed by atoms with Gasteiger partial charge in [0.25, 0.3) is 0 Å². The highest BCUT2D eigenvalue weighted by atomic mass is 31.2. The smallest absolute Gasteiger partial charge is 0.462 e. The third-order valence-corrected chi connectivity index (χ3v) is 11.1. The minimum Gasteiger partial charge on any atom is -0.462 e. The van der Waals surface area contributed by atoms with Crippen LogP contribution in [0, 0.1) is 5.92 Å². The van der Waals surface area contributed by atoms with Gasteiger partial charge in [-0.15, -0.1) is 0 Å². The first-order valence-corrected chi connectivity index (χ1v) is 26.7. The molecule has 0 bridgehead atoms. The van der Waals surface area contributed by atoms with Crippen molar-refractivity contribution in [2.75, 3.05) is 26.4 Å². The Hall–Kier alpha value is -2.52. The number of esters is 2. The van der Waals surface area contributed by atoms with Gasteiger partial charge in [-0.3, -0.25) is 23.2 Å². The highest BCUT2D eigenvalue weighted by Crippen LogP contribution is 2.43. The lowest BCUT2D eigenvalue weighted by Crippen LogP contribution is -2.29. The molecule has 0 aromatic rings. The number of unbranched alkanes of at least 4 members (excludes halogenated alkanes) is 13. The highest BCUT2D eigenvalue weighted by molar-refractivity contribution is 7.47. The predicted molar refractivity (Wildman–Crippen MR) is 256 cm³/mol. The van der Waals surface area contributed by atoms with Crippen molar-refractivity contribution < 1.29 is 71.8 Å². The van der Waals surface area contributed by atoms with Crippen molar-refractivity contribution in [3.63, 3.8) is 0 Å². The first-order chi connectivity index (χ1) is 31.0. The van der Waals surface area contributed by atoms with E-state index < -0.39 is 78.4 Å². The van der Waals surface area contributed by atoms with E-state index in [-0.39, 0.29) is 12.8 Å².